The molecule has 9 aromatic rings. The van der Waals surface area contributed by atoms with Gasteiger partial charge >= 0.3 is 0 Å². The van der Waals surface area contributed by atoms with Gasteiger partial charge in [0.1, 0.15) is 11.2 Å². The predicted molar refractivity (Wildman–Crippen MR) is 183 cm³/mol. The van der Waals surface area contributed by atoms with Crippen LogP contribution in [0.4, 0.5) is 0 Å². The topological polar surface area (TPSA) is 13.1 Å². The largest absolute Gasteiger partial charge is 0.455 e. The van der Waals surface area contributed by atoms with Gasteiger partial charge in [0.2, 0.25) is 0 Å². The van der Waals surface area contributed by atoms with Crippen LogP contribution >= 0.6 is 0 Å². The first-order chi connectivity index (χ1) is 25.1. The minimum Gasteiger partial charge on any atom is -0.455 e. The zero-order chi connectivity index (χ0) is 36.2. The second-order valence-electron chi connectivity index (χ2n) is 10.5. The summed E-state index contributed by atoms with van der Waals surface area (Å²) >= 11 is 0. The lowest BCUT2D eigenvalue weighted by molar-refractivity contribution is 0.673. The predicted octanol–water partition coefficient (Wildman–Crippen LogP) is 12.0. The Kier molecular flexibility index (Phi) is 3.67. The maximum atomic E-state index is 9.59. The molecule has 200 valence electrons. The first kappa shape index (κ1) is 16.7. The van der Waals surface area contributed by atoms with Crippen molar-refractivity contribution < 1.29 is 16.8 Å². The van der Waals surface area contributed by atoms with Gasteiger partial charge < -0.3 is 4.42 Å². The maximum Gasteiger partial charge on any atom is 0.143 e. The highest BCUT2D eigenvalue weighted by Crippen LogP contribution is 2.45. The Morgan fingerprint density at radius 2 is 1.02 bits per heavy atom. The third-order valence-electron chi connectivity index (χ3n) is 8.13. The average molecular weight is 556 g/mol. The minimum atomic E-state index is -0.534. The molecule has 43 heavy (non-hydrogen) atoms. The van der Waals surface area contributed by atoms with Gasteiger partial charge in [0.05, 0.1) is 12.3 Å². The number of hydrogen-bond donors (Lipinski definition) is 0. The standard InChI is InChI=1S/C42H26O/c1-2-11-27(12-3-1)29-14-10-15-30(25-29)40-34-17-6-8-19-36(34)41(37-20-9-7-18-35(37)40)31-22-23-33-38-24-21-28-13-4-5-16-32(28)42(38)43-39(33)26-31/h1-26H/i4D,5D,13D,16D,21D,22D,23D,24D,26D. The summed E-state index contributed by atoms with van der Waals surface area (Å²) in [6.07, 6.45) is 0. The SMILES string of the molecule is [2H]c1c([2H])c([2H])c2c(c1[2H])c([2H])c([2H])c1c2oc2c([2H])c(-c3c4ccccc4c(-c4cccc(-c5ccccc5)c4)c4ccccc34)c([2H])c([2H])c21. The highest BCUT2D eigenvalue weighted by atomic mass is 16.3. The number of benzene rings is 8. The molecule has 0 aliphatic rings. The summed E-state index contributed by atoms with van der Waals surface area (Å²) in [5, 5.41) is 3.03. The van der Waals surface area contributed by atoms with Crippen LogP contribution in [0.3, 0.4) is 0 Å². The average Bonchev–Trinajstić information content (AvgIpc) is 3.58. The van der Waals surface area contributed by atoms with E-state index < -0.39 is 36.3 Å². The van der Waals surface area contributed by atoms with Crippen molar-refractivity contribution in [3.8, 4) is 33.4 Å². The third-order valence-corrected chi connectivity index (χ3v) is 8.13. The van der Waals surface area contributed by atoms with Crippen molar-refractivity contribution in [2.24, 2.45) is 0 Å². The summed E-state index contributed by atoms with van der Waals surface area (Å²) in [5.74, 6) is 0. The van der Waals surface area contributed by atoms with E-state index in [4.69, 9.17) is 12.6 Å². The van der Waals surface area contributed by atoms with Crippen LogP contribution in [-0.2, 0) is 0 Å². The lowest BCUT2D eigenvalue weighted by Crippen LogP contribution is -1.91. The molecule has 0 aliphatic carbocycles. The van der Waals surface area contributed by atoms with E-state index in [1.54, 1.807) is 0 Å². The van der Waals surface area contributed by atoms with E-state index >= 15 is 0 Å². The molecule has 0 N–H and O–H groups in total. The summed E-state index contributed by atoms with van der Waals surface area (Å²) in [4.78, 5) is 0. The quantitative estimate of drug-likeness (QED) is 0.198. The Labute approximate surface area is 261 Å². The molecule has 0 amide bonds. The Morgan fingerprint density at radius 1 is 0.419 bits per heavy atom. The first-order valence-corrected chi connectivity index (χ1v) is 14.0. The van der Waals surface area contributed by atoms with Crippen LogP contribution in [0.1, 0.15) is 12.3 Å². The van der Waals surface area contributed by atoms with Crippen molar-refractivity contribution in [2.45, 2.75) is 0 Å². The fourth-order valence-corrected chi connectivity index (χ4v) is 6.22. The van der Waals surface area contributed by atoms with Crippen LogP contribution < -0.4 is 0 Å². The second-order valence-corrected chi connectivity index (χ2v) is 10.5. The second kappa shape index (κ2) is 9.44. The van der Waals surface area contributed by atoms with Gasteiger partial charge in [-0.25, -0.2) is 0 Å². The van der Waals surface area contributed by atoms with Gasteiger partial charge in [0.15, 0.2) is 0 Å². The van der Waals surface area contributed by atoms with Gasteiger partial charge in [-0.3, -0.25) is 0 Å². The smallest absolute Gasteiger partial charge is 0.143 e. The van der Waals surface area contributed by atoms with Crippen LogP contribution in [0, 0.1) is 0 Å². The molecular weight excluding hydrogens is 520 g/mol. The minimum absolute atomic E-state index is 0.00970. The molecule has 1 heteroatoms. The highest BCUT2D eigenvalue weighted by Gasteiger charge is 2.18. The van der Waals surface area contributed by atoms with Crippen molar-refractivity contribution in [2.75, 3.05) is 0 Å². The summed E-state index contributed by atoms with van der Waals surface area (Å²) in [5.41, 5.74) is 4.68. The molecule has 0 spiro atoms. The van der Waals surface area contributed by atoms with Crippen molar-refractivity contribution in [1.82, 2.24) is 0 Å². The molecule has 0 atom stereocenters. The monoisotopic (exact) mass is 555 g/mol. The van der Waals surface area contributed by atoms with E-state index in [9.17, 15) is 4.11 Å². The molecule has 0 aliphatic heterocycles. The molecule has 0 saturated carbocycles. The molecule has 8 aromatic carbocycles. The number of hydrogen-bond acceptors (Lipinski definition) is 1. The lowest BCUT2D eigenvalue weighted by Gasteiger charge is -2.18. The molecule has 0 bridgehead atoms. The van der Waals surface area contributed by atoms with Crippen LogP contribution in [-0.4, -0.2) is 0 Å². The lowest BCUT2D eigenvalue weighted by atomic mass is 9.85. The van der Waals surface area contributed by atoms with Crippen molar-refractivity contribution in [3.63, 3.8) is 0 Å². The van der Waals surface area contributed by atoms with Crippen molar-refractivity contribution >= 4 is 54.3 Å². The molecule has 1 aromatic heterocycles. The van der Waals surface area contributed by atoms with E-state index in [0.29, 0.717) is 5.56 Å². The summed E-state index contributed by atoms with van der Waals surface area (Å²) in [7, 11) is 0. The first-order valence-electron chi connectivity index (χ1n) is 18.5. The van der Waals surface area contributed by atoms with Crippen LogP contribution in [0.25, 0.3) is 87.6 Å². The third kappa shape index (κ3) is 3.72. The number of furan rings is 1. The molecule has 9 rings (SSSR count). The molecule has 1 nitrogen and oxygen atoms in total. The highest BCUT2D eigenvalue weighted by molar-refractivity contribution is 6.22. The molecule has 0 unspecified atom stereocenters. The van der Waals surface area contributed by atoms with Gasteiger partial charge in [-0.05, 0) is 84.5 Å². The number of fused-ring (bicyclic) bond motifs is 7. The zero-order valence-corrected chi connectivity index (χ0v) is 22.7. The van der Waals surface area contributed by atoms with Gasteiger partial charge in [0, 0.05) is 16.2 Å². The van der Waals surface area contributed by atoms with Crippen LogP contribution in [0.15, 0.2) is 162 Å². The van der Waals surface area contributed by atoms with E-state index in [1.165, 1.54) is 0 Å². The van der Waals surface area contributed by atoms with Gasteiger partial charge in [-0.15, -0.1) is 0 Å². The summed E-state index contributed by atoms with van der Waals surface area (Å²) in [6, 6.07) is 30.6. The Bertz CT molecular complexity index is 2950. The normalized spacial score (nSPS) is 14.7. The van der Waals surface area contributed by atoms with Crippen molar-refractivity contribution in [1.29, 1.82) is 0 Å². The van der Waals surface area contributed by atoms with E-state index in [0.717, 1.165) is 43.8 Å². The Morgan fingerprint density at radius 3 is 1.77 bits per heavy atom. The summed E-state index contributed by atoms with van der Waals surface area (Å²) in [6.45, 7) is 0. The van der Waals surface area contributed by atoms with Gasteiger partial charge in [0.25, 0.3) is 0 Å². The maximum absolute atomic E-state index is 9.59. The van der Waals surface area contributed by atoms with E-state index in [-0.39, 0.29) is 56.4 Å². The van der Waals surface area contributed by atoms with Crippen LogP contribution in [0.2, 0.25) is 0 Å². The number of rotatable bonds is 3. The van der Waals surface area contributed by atoms with E-state index in [2.05, 4.69) is 30.3 Å². The Hall–Kier alpha value is -5.66. The molecular formula is C42H26O. The van der Waals surface area contributed by atoms with Crippen molar-refractivity contribution in [3.05, 3.63) is 158 Å². The molecule has 0 radical (unpaired) electrons. The molecule has 0 saturated heterocycles. The van der Waals surface area contributed by atoms with E-state index in [1.807, 2.05) is 72.8 Å². The van der Waals surface area contributed by atoms with Gasteiger partial charge in [-0.1, -0.05) is 133 Å². The zero-order valence-electron chi connectivity index (χ0n) is 31.7. The van der Waals surface area contributed by atoms with Gasteiger partial charge in [-0.2, -0.15) is 0 Å². The Balaban J connectivity index is 1.41. The molecule has 0 fully saturated rings. The molecule has 1 heterocycles. The van der Waals surface area contributed by atoms with Crippen LogP contribution in [0.5, 0.6) is 0 Å². The summed E-state index contributed by atoms with van der Waals surface area (Å²) < 4.78 is 85.9. The fourth-order valence-electron chi connectivity index (χ4n) is 6.22. The fraction of sp³-hybridized carbons (Fsp3) is 0.